The van der Waals surface area contributed by atoms with Gasteiger partial charge in [0.1, 0.15) is 0 Å². The van der Waals surface area contributed by atoms with Crippen molar-refractivity contribution in [2.75, 3.05) is 0 Å². The maximum atomic E-state index is 3.82. The highest BCUT2D eigenvalue weighted by atomic mass is 79.9. The molecule has 0 amide bonds. The van der Waals surface area contributed by atoms with Crippen LogP contribution in [-0.4, -0.2) is 4.83 Å². The number of benzene rings is 1. The summed E-state index contributed by atoms with van der Waals surface area (Å²) in [6.45, 7) is 13.5. The number of hydrogen-bond donors (Lipinski definition) is 0. The zero-order valence-electron chi connectivity index (χ0n) is 12.0. The van der Waals surface area contributed by atoms with Gasteiger partial charge in [-0.3, -0.25) is 0 Å². The Morgan fingerprint density at radius 3 is 1.94 bits per heavy atom. The van der Waals surface area contributed by atoms with Crippen molar-refractivity contribution in [2.24, 2.45) is 5.41 Å². The second-order valence-electron chi connectivity index (χ2n) is 6.25. The van der Waals surface area contributed by atoms with Crippen molar-refractivity contribution < 1.29 is 0 Å². The van der Waals surface area contributed by atoms with Crippen LogP contribution in [-0.2, 0) is 6.42 Å². The summed E-state index contributed by atoms with van der Waals surface area (Å²) in [7, 11) is 0. The lowest BCUT2D eigenvalue weighted by Gasteiger charge is -2.26. The van der Waals surface area contributed by atoms with Crippen LogP contribution in [0.2, 0.25) is 0 Å². The van der Waals surface area contributed by atoms with Crippen LogP contribution >= 0.6 is 15.9 Å². The van der Waals surface area contributed by atoms with E-state index in [4.69, 9.17) is 0 Å². The molecule has 1 aromatic rings. The molecule has 0 saturated heterocycles. The standard InChI is InChI=1S/C16H25Br/c1-11-9-12(2)14(13(3)10-11)7-8-15(17)16(4,5)6/h9-10,15H,7-8H2,1-6H3. The first-order chi connectivity index (χ1) is 7.71. The van der Waals surface area contributed by atoms with E-state index in [2.05, 4.69) is 69.6 Å². The molecule has 0 aliphatic carbocycles. The van der Waals surface area contributed by atoms with E-state index in [9.17, 15) is 0 Å². The van der Waals surface area contributed by atoms with E-state index in [0.29, 0.717) is 10.2 Å². The van der Waals surface area contributed by atoms with E-state index in [-0.39, 0.29) is 0 Å². The minimum Gasteiger partial charge on any atom is -0.0885 e. The Bertz CT molecular complexity index is 362. The van der Waals surface area contributed by atoms with Crippen molar-refractivity contribution in [3.05, 3.63) is 34.4 Å². The lowest BCUT2D eigenvalue weighted by atomic mass is 9.87. The van der Waals surface area contributed by atoms with E-state index < -0.39 is 0 Å². The van der Waals surface area contributed by atoms with Crippen molar-refractivity contribution >= 4 is 15.9 Å². The summed E-state index contributed by atoms with van der Waals surface area (Å²) in [4.78, 5) is 0.579. The van der Waals surface area contributed by atoms with Gasteiger partial charge in [0.25, 0.3) is 0 Å². The molecule has 1 heteroatoms. The first-order valence-corrected chi connectivity index (χ1v) is 7.34. The van der Waals surface area contributed by atoms with Crippen molar-refractivity contribution in [1.82, 2.24) is 0 Å². The van der Waals surface area contributed by atoms with Gasteiger partial charge in [0.2, 0.25) is 0 Å². The Kier molecular flexibility index (Phi) is 4.83. The number of hydrogen-bond acceptors (Lipinski definition) is 0. The van der Waals surface area contributed by atoms with Crippen LogP contribution in [0.5, 0.6) is 0 Å². The van der Waals surface area contributed by atoms with Gasteiger partial charge in [-0.15, -0.1) is 0 Å². The SMILES string of the molecule is Cc1cc(C)c(CCC(Br)C(C)(C)C)c(C)c1. The van der Waals surface area contributed by atoms with Crippen molar-refractivity contribution in [1.29, 1.82) is 0 Å². The van der Waals surface area contributed by atoms with Crippen molar-refractivity contribution in [3.63, 3.8) is 0 Å². The Hall–Kier alpha value is -0.300. The second kappa shape index (κ2) is 5.56. The largest absolute Gasteiger partial charge is 0.0885 e. The third kappa shape index (κ3) is 4.13. The van der Waals surface area contributed by atoms with Gasteiger partial charge in [-0.1, -0.05) is 54.4 Å². The summed E-state index contributed by atoms with van der Waals surface area (Å²) in [5.41, 5.74) is 6.12. The fourth-order valence-electron chi connectivity index (χ4n) is 2.31. The van der Waals surface area contributed by atoms with Crippen LogP contribution < -0.4 is 0 Å². The third-order valence-electron chi connectivity index (χ3n) is 3.43. The normalized spacial score (nSPS) is 13.8. The predicted octanol–water partition coefficient (Wildman–Crippen LogP) is 5.35. The van der Waals surface area contributed by atoms with E-state index >= 15 is 0 Å². The summed E-state index contributed by atoms with van der Waals surface area (Å²) in [5, 5.41) is 0. The summed E-state index contributed by atoms with van der Waals surface area (Å²) >= 11 is 3.82. The molecule has 0 heterocycles. The zero-order chi connectivity index (χ0) is 13.2. The average Bonchev–Trinajstić information content (AvgIpc) is 2.13. The lowest BCUT2D eigenvalue weighted by Crippen LogP contribution is -2.21. The van der Waals surface area contributed by atoms with Crippen LogP contribution in [0.15, 0.2) is 12.1 Å². The van der Waals surface area contributed by atoms with Gasteiger partial charge in [-0.05, 0) is 55.7 Å². The molecule has 0 spiro atoms. The first kappa shape index (κ1) is 14.8. The second-order valence-corrected chi connectivity index (χ2v) is 7.35. The molecular formula is C16H25Br. The highest BCUT2D eigenvalue weighted by Crippen LogP contribution is 2.30. The molecule has 1 aromatic carbocycles. The van der Waals surface area contributed by atoms with E-state index in [1.165, 1.54) is 35.1 Å². The Labute approximate surface area is 115 Å². The summed E-state index contributed by atoms with van der Waals surface area (Å²) in [5.74, 6) is 0. The Morgan fingerprint density at radius 1 is 1.06 bits per heavy atom. The minimum atomic E-state index is 0.340. The number of alkyl halides is 1. The smallest absolute Gasteiger partial charge is 0.0197 e. The molecule has 0 radical (unpaired) electrons. The molecule has 17 heavy (non-hydrogen) atoms. The van der Waals surface area contributed by atoms with E-state index in [1.54, 1.807) is 0 Å². The molecule has 1 rings (SSSR count). The quantitative estimate of drug-likeness (QED) is 0.659. The lowest BCUT2D eigenvalue weighted by molar-refractivity contribution is 0.385. The highest BCUT2D eigenvalue weighted by molar-refractivity contribution is 9.09. The summed E-state index contributed by atoms with van der Waals surface area (Å²) < 4.78 is 0. The molecule has 96 valence electrons. The van der Waals surface area contributed by atoms with Crippen LogP contribution in [0.3, 0.4) is 0 Å². The molecule has 0 N–H and O–H groups in total. The van der Waals surface area contributed by atoms with Crippen LogP contribution in [0, 0.1) is 26.2 Å². The van der Waals surface area contributed by atoms with Crippen molar-refractivity contribution in [2.45, 2.75) is 59.2 Å². The monoisotopic (exact) mass is 296 g/mol. The van der Waals surface area contributed by atoms with Gasteiger partial charge >= 0.3 is 0 Å². The molecule has 1 atom stereocenters. The fraction of sp³-hybridized carbons (Fsp3) is 0.625. The van der Waals surface area contributed by atoms with Gasteiger partial charge < -0.3 is 0 Å². The topological polar surface area (TPSA) is 0 Å². The van der Waals surface area contributed by atoms with Gasteiger partial charge in [-0.25, -0.2) is 0 Å². The maximum Gasteiger partial charge on any atom is 0.0197 e. The third-order valence-corrected chi connectivity index (χ3v) is 5.26. The van der Waals surface area contributed by atoms with Gasteiger partial charge in [0.05, 0.1) is 0 Å². The van der Waals surface area contributed by atoms with Crippen LogP contribution in [0.1, 0.15) is 49.4 Å². The zero-order valence-corrected chi connectivity index (χ0v) is 13.6. The number of halogens is 1. The first-order valence-electron chi connectivity index (χ1n) is 6.42. The average molecular weight is 297 g/mol. The Morgan fingerprint density at radius 2 is 1.53 bits per heavy atom. The van der Waals surface area contributed by atoms with Gasteiger partial charge in [-0.2, -0.15) is 0 Å². The van der Waals surface area contributed by atoms with Crippen LogP contribution in [0.4, 0.5) is 0 Å². The number of rotatable bonds is 3. The molecule has 0 aromatic heterocycles. The molecule has 0 saturated carbocycles. The highest BCUT2D eigenvalue weighted by Gasteiger charge is 2.21. The van der Waals surface area contributed by atoms with E-state index in [1.807, 2.05) is 0 Å². The van der Waals surface area contributed by atoms with Crippen LogP contribution in [0.25, 0.3) is 0 Å². The number of aryl methyl sites for hydroxylation is 3. The molecule has 0 aliphatic heterocycles. The molecule has 0 aliphatic rings. The van der Waals surface area contributed by atoms with E-state index in [0.717, 1.165) is 0 Å². The molecule has 0 fully saturated rings. The maximum absolute atomic E-state index is 3.82. The Balaban J connectivity index is 2.77. The molecule has 0 bridgehead atoms. The van der Waals surface area contributed by atoms with Gasteiger partial charge in [0, 0.05) is 4.83 Å². The molecule has 1 unspecified atom stereocenters. The summed E-state index contributed by atoms with van der Waals surface area (Å²) in [6.07, 6.45) is 2.37. The fourth-order valence-corrected chi connectivity index (χ4v) is 2.54. The van der Waals surface area contributed by atoms with Crippen molar-refractivity contribution in [3.8, 4) is 0 Å². The summed E-state index contributed by atoms with van der Waals surface area (Å²) in [6, 6.07) is 4.59. The minimum absolute atomic E-state index is 0.340. The van der Waals surface area contributed by atoms with Gasteiger partial charge in [0.15, 0.2) is 0 Å². The molecule has 0 nitrogen and oxygen atoms in total. The predicted molar refractivity (Wildman–Crippen MR) is 81.1 cm³/mol. The molecular weight excluding hydrogens is 272 g/mol.